The molecule has 3 heteroatoms. The molecular weight excluding hydrogens is 236 g/mol. The second-order valence-corrected chi connectivity index (χ2v) is 6.46. The van der Waals surface area contributed by atoms with Gasteiger partial charge in [-0.25, -0.2) is 0 Å². The summed E-state index contributed by atoms with van der Waals surface area (Å²) in [5, 5.41) is 13.3. The van der Waals surface area contributed by atoms with E-state index in [1.807, 2.05) is 0 Å². The fourth-order valence-corrected chi connectivity index (χ4v) is 3.79. The molecule has 1 aliphatic carbocycles. The first kappa shape index (κ1) is 15.3. The van der Waals surface area contributed by atoms with Crippen LogP contribution in [0.2, 0.25) is 0 Å². The summed E-state index contributed by atoms with van der Waals surface area (Å²) in [5.41, 5.74) is 0. The molecule has 0 radical (unpaired) electrons. The van der Waals surface area contributed by atoms with Gasteiger partial charge in [-0.1, -0.05) is 19.8 Å². The van der Waals surface area contributed by atoms with E-state index in [4.69, 9.17) is 0 Å². The van der Waals surface area contributed by atoms with E-state index in [0.29, 0.717) is 24.5 Å². The molecule has 1 heterocycles. The molecule has 0 spiro atoms. The lowest BCUT2D eigenvalue weighted by Crippen LogP contribution is -2.38. The Labute approximate surface area is 118 Å². The monoisotopic (exact) mass is 268 g/mol. The van der Waals surface area contributed by atoms with Crippen LogP contribution in [0.5, 0.6) is 0 Å². The zero-order valence-corrected chi connectivity index (χ0v) is 12.6. The van der Waals surface area contributed by atoms with Crippen LogP contribution in [-0.2, 0) is 0 Å². The predicted octanol–water partition coefficient (Wildman–Crippen LogP) is 2.25. The number of hydrogen-bond donors (Lipinski definition) is 2. The minimum atomic E-state index is 0.390. The van der Waals surface area contributed by atoms with Crippen molar-refractivity contribution >= 4 is 0 Å². The Kier molecular flexibility index (Phi) is 6.62. The highest BCUT2D eigenvalue weighted by molar-refractivity contribution is 4.80. The van der Waals surface area contributed by atoms with E-state index in [1.165, 1.54) is 64.6 Å². The second-order valence-electron chi connectivity index (χ2n) is 6.46. The van der Waals surface area contributed by atoms with Crippen molar-refractivity contribution in [3.63, 3.8) is 0 Å². The molecule has 0 aromatic heterocycles. The van der Waals surface area contributed by atoms with Gasteiger partial charge in [0, 0.05) is 12.6 Å². The first-order valence-electron chi connectivity index (χ1n) is 8.40. The summed E-state index contributed by atoms with van der Waals surface area (Å²) < 4.78 is 0. The molecule has 2 fully saturated rings. The minimum absolute atomic E-state index is 0.390. The van der Waals surface area contributed by atoms with Crippen molar-refractivity contribution in [3.05, 3.63) is 0 Å². The number of likely N-dealkylation sites (tertiary alicyclic amines) is 1. The van der Waals surface area contributed by atoms with E-state index < -0.39 is 0 Å². The lowest BCUT2D eigenvalue weighted by atomic mass is 9.79. The molecule has 19 heavy (non-hydrogen) atoms. The summed E-state index contributed by atoms with van der Waals surface area (Å²) in [7, 11) is 0. The molecule has 1 saturated carbocycles. The first-order valence-corrected chi connectivity index (χ1v) is 8.40. The maximum Gasteiger partial charge on any atom is 0.0462 e. The highest BCUT2D eigenvalue weighted by atomic mass is 16.3. The first-order chi connectivity index (χ1) is 9.33. The van der Waals surface area contributed by atoms with Gasteiger partial charge in [-0.15, -0.1) is 0 Å². The van der Waals surface area contributed by atoms with E-state index in [9.17, 15) is 5.11 Å². The molecule has 1 saturated heterocycles. The largest absolute Gasteiger partial charge is 0.396 e. The quantitative estimate of drug-likeness (QED) is 0.803. The zero-order chi connectivity index (χ0) is 13.5. The summed E-state index contributed by atoms with van der Waals surface area (Å²) in [6.45, 7) is 7.51. The maximum absolute atomic E-state index is 9.48. The highest BCUT2D eigenvalue weighted by Crippen LogP contribution is 2.29. The van der Waals surface area contributed by atoms with Gasteiger partial charge in [0.05, 0.1) is 0 Å². The minimum Gasteiger partial charge on any atom is -0.396 e. The third kappa shape index (κ3) is 4.73. The molecule has 3 unspecified atom stereocenters. The van der Waals surface area contributed by atoms with E-state index in [2.05, 4.69) is 17.1 Å². The van der Waals surface area contributed by atoms with Crippen LogP contribution in [0.25, 0.3) is 0 Å². The molecule has 1 aliphatic heterocycles. The van der Waals surface area contributed by atoms with Gasteiger partial charge in [0.2, 0.25) is 0 Å². The van der Waals surface area contributed by atoms with Gasteiger partial charge in [0.25, 0.3) is 0 Å². The Morgan fingerprint density at radius 2 is 1.79 bits per heavy atom. The number of nitrogens with one attached hydrogen (secondary N) is 1. The molecular formula is C16H32N2O. The zero-order valence-electron chi connectivity index (χ0n) is 12.6. The molecule has 2 N–H and O–H groups in total. The number of nitrogens with zero attached hydrogens (tertiary/aromatic N) is 1. The van der Waals surface area contributed by atoms with Crippen LogP contribution in [0, 0.1) is 11.8 Å². The number of hydrogen-bond acceptors (Lipinski definition) is 3. The van der Waals surface area contributed by atoms with Crippen molar-refractivity contribution in [1.82, 2.24) is 10.2 Å². The number of aliphatic hydroxyl groups excluding tert-OH is 1. The summed E-state index contributed by atoms with van der Waals surface area (Å²) in [6.07, 6.45) is 9.17. The highest BCUT2D eigenvalue weighted by Gasteiger charge is 2.25. The molecule has 2 aliphatic rings. The van der Waals surface area contributed by atoms with Gasteiger partial charge in [-0.2, -0.15) is 0 Å². The molecule has 0 aromatic rings. The molecule has 112 valence electrons. The van der Waals surface area contributed by atoms with Crippen LogP contribution in [0.15, 0.2) is 0 Å². The van der Waals surface area contributed by atoms with Gasteiger partial charge < -0.3 is 15.3 Å². The molecule has 3 atom stereocenters. The molecule has 2 rings (SSSR count). The number of rotatable bonds is 5. The van der Waals surface area contributed by atoms with Gasteiger partial charge >= 0.3 is 0 Å². The fraction of sp³-hybridized carbons (Fsp3) is 1.00. The Bertz CT molecular complexity index is 247. The van der Waals surface area contributed by atoms with Crippen molar-refractivity contribution in [2.24, 2.45) is 11.8 Å². The Hall–Kier alpha value is -0.120. The van der Waals surface area contributed by atoms with Crippen molar-refractivity contribution < 1.29 is 5.11 Å². The maximum atomic E-state index is 9.48. The second kappa shape index (κ2) is 8.23. The van der Waals surface area contributed by atoms with Crippen molar-refractivity contribution in [1.29, 1.82) is 0 Å². The molecule has 3 nitrogen and oxygen atoms in total. The normalized spacial score (nSPS) is 34.1. The Morgan fingerprint density at radius 1 is 1.00 bits per heavy atom. The van der Waals surface area contributed by atoms with E-state index in [0.717, 1.165) is 6.54 Å². The summed E-state index contributed by atoms with van der Waals surface area (Å²) in [4.78, 5) is 2.57. The molecule has 0 amide bonds. The summed E-state index contributed by atoms with van der Waals surface area (Å²) >= 11 is 0. The van der Waals surface area contributed by atoms with Crippen LogP contribution in [0.3, 0.4) is 0 Å². The van der Waals surface area contributed by atoms with E-state index in [1.54, 1.807) is 0 Å². The topological polar surface area (TPSA) is 35.5 Å². The Morgan fingerprint density at radius 3 is 2.53 bits per heavy atom. The predicted molar refractivity (Wildman–Crippen MR) is 80.3 cm³/mol. The van der Waals surface area contributed by atoms with Crippen LogP contribution < -0.4 is 5.32 Å². The Balaban J connectivity index is 1.72. The van der Waals surface area contributed by atoms with Crippen LogP contribution in [0.4, 0.5) is 0 Å². The SMILES string of the molecule is CCN1CCCC(NCC2CCCCC2CO)CC1. The van der Waals surface area contributed by atoms with Gasteiger partial charge in [-0.05, 0) is 70.1 Å². The molecule has 0 bridgehead atoms. The average molecular weight is 268 g/mol. The fourth-order valence-electron chi connectivity index (χ4n) is 3.79. The standard InChI is InChI=1S/C16H32N2O/c1-2-18-10-5-8-16(9-11-18)17-12-14-6-3-4-7-15(14)13-19/h14-17,19H,2-13H2,1H3. The van der Waals surface area contributed by atoms with Crippen molar-refractivity contribution in [3.8, 4) is 0 Å². The third-order valence-electron chi connectivity index (χ3n) is 5.24. The van der Waals surface area contributed by atoms with Gasteiger partial charge in [-0.3, -0.25) is 0 Å². The van der Waals surface area contributed by atoms with Crippen LogP contribution in [-0.4, -0.2) is 48.8 Å². The summed E-state index contributed by atoms with van der Waals surface area (Å²) in [5.74, 6) is 1.27. The summed E-state index contributed by atoms with van der Waals surface area (Å²) in [6, 6.07) is 0.706. The third-order valence-corrected chi connectivity index (χ3v) is 5.24. The van der Waals surface area contributed by atoms with Crippen LogP contribution in [0.1, 0.15) is 51.9 Å². The van der Waals surface area contributed by atoms with Gasteiger partial charge in [0.1, 0.15) is 0 Å². The van der Waals surface area contributed by atoms with Gasteiger partial charge in [0.15, 0.2) is 0 Å². The van der Waals surface area contributed by atoms with Crippen molar-refractivity contribution in [2.45, 2.75) is 57.9 Å². The smallest absolute Gasteiger partial charge is 0.0462 e. The average Bonchev–Trinajstić information content (AvgIpc) is 2.70. The lowest BCUT2D eigenvalue weighted by molar-refractivity contribution is 0.130. The molecule has 0 aromatic carbocycles. The number of aliphatic hydroxyl groups is 1. The van der Waals surface area contributed by atoms with Crippen LogP contribution >= 0.6 is 0 Å². The van der Waals surface area contributed by atoms with E-state index in [-0.39, 0.29) is 0 Å². The van der Waals surface area contributed by atoms with Crippen molar-refractivity contribution in [2.75, 3.05) is 32.8 Å². The lowest BCUT2D eigenvalue weighted by Gasteiger charge is -2.31. The van der Waals surface area contributed by atoms with E-state index >= 15 is 0 Å².